The van der Waals surface area contributed by atoms with Crippen LogP contribution in [0.3, 0.4) is 0 Å². The molecule has 7 heteroatoms. The lowest BCUT2D eigenvalue weighted by Gasteiger charge is -2.10. The van der Waals surface area contributed by atoms with Crippen molar-refractivity contribution in [2.24, 2.45) is 0 Å². The van der Waals surface area contributed by atoms with E-state index in [1.54, 1.807) is 18.2 Å². The van der Waals surface area contributed by atoms with Gasteiger partial charge >= 0.3 is 5.97 Å². The molecular formula is C19H19NO6. The quantitative estimate of drug-likeness (QED) is 0.437. The first kappa shape index (κ1) is 19.0. The Labute approximate surface area is 150 Å². The maximum Gasteiger partial charge on any atom is 0.339 e. The van der Waals surface area contributed by atoms with Gasteiger partial charge in [0.1, 0.15) is 23.7 Å². The number of carboxylic acid groups (broad SMARTS) is 1. The molecule has 0 unspecified atom stereocenters. The lowest BCUT2D eigenvalue weighted by Crippen LogP contribution is -2.03. The van der Waals surface area contributed by atoms with Gasteiger partial charge < -0.3 is 14.6 Å². The Morgan fingerprint density at radius 2 is 1.92 bits per heavy atom. The Bertz CT molecular complexity index is 826. The summed E-state index contributed by atoms with van der Waals surface area (Å²) < 4.78 is 10.8. The summed E-state index contributed by atoms with van der Waals surface area (Å²) in [6.45, 7) is 2.21. The fourth-order valence-corrected chi connectivity index (χ4v) is 2.36. The van der Waals surface area contributed by atoms with Crippen molar-refractivity contribution in [2.45, 2.75) is 13.3 Å². The molecule has 0 bridgehead atoms. The van der Waals surface area contributed by atoms with E-state index in [4.69, 9.17) is 9.47 Å². The minimum absolute atomic E-state index is 0.00928. The number of nitro benzene ring substituents is 1. The second-order valence-electron chi connectivity index (χ2n) is 5.60. The molecule has 0 radical (unpaired) electrons. The molecule has 0 heterocycles. The number of non-ortho nitro benzene ring substituents is 1. The van der Waals surface area contributed by atoms with Crippen LogP contribution in [0.2, 0.25) is 0 Å². The molecule has 0 spiro atoms. The van der Waals surface area contributed by atoms with Gasteiger partial charge in [-0.3, -0.25) is 10.1 Å². The first-order valence-corrected chi connectivity index (χ1v) is 7.84. The number of carbonyl (C=O) groups is 1. The van der Waals surface area contributed by atoms with Gasteiger partial charge in [-0.1, -0.05) is 18.2 Å². The maximum absolute atomic E-state index is 11.2. The van der Waals surface area contributed by atoms with Crippen LogP contribution in [0.1, 0.15) is 22.8 Å². The highest BCUT2D eigenvalue weighted by Crippen LogP contribution is 2.25. The van der Waals surface area contributed by atoms with E-state index in [-0.39, 0.29) is 11.3 Å². The van der Waals surface area contributed by atoms with E-state index in [1.165, 1.54) is 25.3 Å². The number of para-hydroxylation sites is 1. The molecule has 2 aromatic rings. The van der Waals surface area contributed by atoms with E-state index in [2.05, 4.69) is 0 Å². The number of nitro groups is 1. The molecule has 7 nitrogen and oxygen atoms in total. The number of rotatable bonds is 8. The lowest BCUT2D eigenvalue weighted by molar-refractivity contribution is -0.384. The van der Waals surface area contributed by atoms with Crippen molar-refractivity contribution < 1.29 is 24.3 Å². The Morgan fingerprint density at radius 1 is 1.23 bits per heavy atom. The van der Waals surface area contributed by atoms with Gasteiger partial charge in [0.05, 0.1) is 12.0 Å². The molecule has 0 aliphatic rings. The zero-order valence-corrected chi connectivity index (χ0v) is 14.5. The molecule has 0 saturated carbocycles. The molecule has 0 saturated heterocycles. The topological polar surface area (TPSA) is 98.9 Å². The summed E-state index contributed by atoms with van der Waals surface area (Å²) in [5, 5.41) is 19.8. The van der Waals surface area contributed by atoms with Crippen molar-refractivity contribution in [3.63, 3.8) is 0 Å². The number of ether oxygens (including phenoxy) is 2. The summed E-state index contributed by atoms with van der Waals surface area (Å²) in [5.41, 5.74) is 1.83. The maximum atomic E-state index is 11.2. The molecule has 2 aromatic carbocycles. The van der Waals surface area contributed by atoms with Gasteiger partial charge in [0.2, 0.25) is 0 Å². The predicted octanol–water partition coefficient (Wildman–Crippen LogP) is 3.87. The molecule has 0 aromatic heterocycles. The molecular weight excluding hydrogens is 338 g/mol. The molecule has 0 amide bonds. The van der Waals surface area contributed by atoms with Gasteiger partial charge in [0.25, 0.3) is 5.69 Å². The number of hydrogen-bond acceptors (Lipinski definition) is 5. The smallest absolute Gasteiger partial charge is 0.339 e. The standard InChI is InChI=1S/C19H19NO6/c1-13(12-26-16-10-8-15(9-11-16)20(23)24)6-7-14-4-3-5-17(19(21)22)18(14)25-2/h3-6,8-11H,7,12H2,1-2H3,(H,21,22). The van der Waals surface area contributed by atoms with Crippen LogP contribution in [0.25, 0.3) is 0 Å². The monoisotopic (exact) mass is 357 g/mol. The number of carboxylic acids is 1. The highest BCUT2D eigenvalue weighted by Gasteiger charge is 2.13. The molecule has 26 heavy (non-hydrogen) atoms. The summed E-state index contributed by atoms with van der Waals surface area (Å²) in [6.07, 6.45) is 2.43. The first-order chi connectivity index (χ1) is 12.4. The van der Waals surface area contributed by atoms with Crippen LogP contribution in [0, 0.1) is 10.1 Å². The zero-order valence-electron chi connectivity index (χ0n) is 14.5. The van der Waals surface area contributed by atoms with Gasteiger partial charge in [-0.25, -0.2) is 4.79 Å². The van der Waals surface area contributed by atoms with Crippen LogP contribution < -0.4 is 9.47 Å². The normalized spacial score (nSPS) is 11.1. The summed E-state index contributed by atoms with van der Waals surface area (Å²) in [7, 11) is 1.44. The molecule has 0 fully saturated rings. The average molecular weight is 357 g/mol. The zero-order chi connectivity index (χ0) is 19.1. The number of benzene rings is 2. The van der Waals surface area contributed by atoms with Crippen molar-refractivity contribution in [1.82, 2.24) is 0 Å². The van der Waals surface area contributed by atoms with E-state index in [1.807, 2.05) is 19.1 Å². The fraction of sp³-hybridized carbons (Fsp3) is 0.211. The number of aromatic carboxylic acids is 1. The van der Waals surface area contributed by atoms with Crippen molar-refractivity contribution in [3.8, 4) is 11.5 Å². The predicted molar refractivity (Wildman–Crippen MR) is 96.0 cm³/mol. The number of methoxy groups -OCH3 is 1. The highest BCUT2D eigenvalue weighted by molar-refractivity contribution is 5.91. The summed E-state index contributed by atoms with van der Waals surface area (Å²) >= 11 is 0. The van der Waals surface area contributed by atoms with E-state index < -0.39 is 10.9 Å². The minimum atomic E-state index is -1.04. The van der Waals surface area contributed by atoms with Gasteiger partial charge in [-0.05, 0) is 42.7 Å². The summed E-state index contributed by atoms with van der Waals surface area (Å²) in [4.78, 5) is 21.4. The van der Waals surface area contributed by atoms with Crippen molar-refractivity contribution >= 4 is 11.7 Å². The largest absolute Gasteiger partial charge is 0.496 e. The number of allylic oxidation sites excluding steroid dienone is 1. The van der Waals surface area contributed by atoms with Gasteiger partial charge in [0.15, 0.2) is 0 Å². The molecule has 0 aliphatic carbocycles. The Morgan fingerprint density at radius 3 is 2.50 bits per heavy atom. The third-order valence-corrected chi connectivity index (χ3v) is 3.72. The van der Waals surface area contributed by atoms with E-state index in [0.717, 1.165) is 11.1 Å². The average Bonchev–Trinajstić information content (AvgIpc) is 2.64. The van der Waals surface area contributed by atoms with Crippen molar-refractivity contribution in [3.05, 3.63) is 75.4 Å². The molecule has 1 N–H and O–H groups in total. The summed E-state index contributed by atoms with van der Waals surface area (Å²) in [6, 6.07) is 10.9. The van der Waals surface area contributed by atoms with E-state index in [0.29, 0.717) is 24.5 Å². The Balaban J connectivity index is 2.01. The first-order valence-electron chi connectivity index (χ1n) is 7.84. The Hall–Kier alpha value is -3.35. The second-order valence-corrected chi connectivity index (χ2v) is 5.60. The molecule has 0 atom stereocenters. The summed E-state index contributed by atoms with van der Waals surface area (Å²) in [5.74, 6) is -0.153. The molecule has 136 valence electrons. The SMILES string of the molecule is COc1c(CC=C(C)COc2ccc([N+](=O)[O-])cc2)cccc1C(=O)O. The third kappa shape index (κ3) is 4.83. The van der Waals surface area contributed by atoms with E-state index >= 15 is 0 Å². The number of hydrogen-bond donors (Lipinski definition) is 1. The lowest BCUT2D eigenvalue weighted by atomic mass is 10.0. The number of nitrogens with zero attached hydrogens (tertiary/aromatic N) is 1. The second kappa shape index (κ2) is 8.66. The van der Waals surface area contributed by atoms with Crippen molar-refractivity contribution in [2.75, 3.05) is 13.7 Å². The van der Waals surface area contributed by atoms with Crippen LogP contribution in [0.5, 0.6) is 11.5 Å². The third-order valence-electron chi connectivity index (χ3n) is 3.72. The molecule has 0 aliphatic heterocycles. The van der Waals surface area contributed by atoms with Crippen LogP contribution in [0.15, 0.2) is 54.1 Å². The van der Waals surface area contributed by atoms with Crippen LogP contribution >= 0.6 is 0 Å². The molecule has 2 rings (SSSR count). The highest BCUT2D eigenvalue weighted by atomic mass is 16.6. The fourth-order valence-electron chi connectivity index (χ4n) is 2.36. The minimum Gasteiger partial charge on any atom is -0.496 e. The Kier molecular flexibility index (Phi) is 6.32. The van der Waals surface area contributed by atoms with E-state index in [9.17, 15) is 20.0 Å². The van der Waals surface area contributed by atoms with Gasteiger partial charge in [0, 0.05) is 12.1 Å². The van der Waals surface area contributed by atoms with Gasteiger partial charge in [-0.2, -0.15) is 0 Å². The van der Waals surface area contributed by atoms with Crippen LogP contribution in [-0.2, 0) is 6.42 Å². The van der Waals surface area contributed by atoms with Crippen LogP contribution in [-0.4, -0.2) is 29.7 Å². The van der Waals surface area contributed by atoms with Crippen LogP contribution in [0.4, 0.5) is 5.69 Å². The van der Waals surface area contributed by atoms with Crippen molar-refractivity contribution in [1.29, 1.82) is 0 Å². The van der Waals surface area contributed by atoms with Gasteiger partial charge in [-0.15, -0.1) is 0 Å².